The highest BCUT2D eigenvalue weighted by Crippen LogP contribution is 2.28. The first kappa shape index (κ1) is 10.1. The van der Waals surface area contributed by atoms with E-state index < -0.39 is 5.60 Å². The number of aromatic nitrogens is 3. The molecule has 0 aliphatic heterocycles. The van der Waals surface area contributed by atoms with Crippen molar-refractivity contribution in [2.45, 2.75) is 31.3 Å². The molecule has 1 aliphatic carbocycles. The number of amides is 1. The largest absolute Gasteiger partial charge is 0.388 e. The van der Waals surface area contributed by atoms with Crippen molar-refractivity contribution >= 4 is 5.91 Å². The van der Waals surface area contributed by atoms with Gasteiger partial charge < -0.3 is 10.4 Å². The number of carbonyl (C=O) groups is 1. The third-order valence-corrected chi connectivity index (χ3v) is 2.74. The number of carbonyl (C=O) groups excluding carboxylic acids is 1. The topological polar surface area (TPSA) is 90.9 Å². The van der Waals surface area contributed by atoms with Crippen LogP contribution in [0.15, 0.2) is 6.33 Å². The van der Waals surface area contributed by atoms with Crippen LogP contribution in [0.25, 0.3) is 0 Å². The van der Waals surface area contributed by atoms with Crippen LogP contribution >= 0.6 is 0 Å². The normalized spacial score (nSPS) is 19.0. The standard InChI is InChI=1S/C9H14N4O2/c14-8(7-11-6-12-13-7)10-5-9(15)3-1-2-4-9/h6,15H,1-5H2,(H,10,14)(H,11,12,13). The molecule has 0 aromatic carbocycles. The fourth-order valence-corrected chi connectivity index (χ4v) is 1.85. The van der Waals surface area contributed by atoms with Gasteiger partial charge in [-0.05, 0) is 12.8 Å². The molecule has 82 valence electrons. The van der Waals surface area contributed by atoms with Crippen molar-refractivity contribution in [2.75, 3.05) is 6.54 Å². The van der Waals surface area contributed by atoms with Crippen molar-refractivity contribution in [1.29, 1.82) is 0 Å². The van der Waals surface area contributed by atoms with Crippen LogP contribution in [-0.2, 0) is 0 Å². The van der Waals surface area contributed by atoms with Crippen molar-refractivity contribution in [3.8, 4) is 0 Å². The van der Waals surface area contributed by atoms with E-state index in [1.807, 2.05) is 0 Å². The Morgan fingerprint density at radius 3 is 2.93 bits per heavy atom. The molecule has 1 saturated carbocycles. The smallest absolute Gasteiger partial charge is 0.288 e. The maximum Gasteiger partial charge on any atom is 0.288 e. The average Bonchev–Trinajstić information content (AvgIpc) is 2.85. The quantitative estimate of drug-likeness (QED) is 0.646. The Kier molecular flexibility index (Phi) is 2.68. The van der Waals surface area contributed by atoms with Gasteiger partial charge in [-0.2, -0.15) is 5.10 Å². The second-order valence-corrected chi connectivity index (χ2v) is 3.95. The van der Waals surface area contributed by atoms with Gasteiger partial charge in [0.15, 0.2) is 0 Å². The Labute approximate surface area is 87.1 Å². The van der Waals surface area contributed by atoms with Crippen LogP contribution in [0.4, 0.5) is 0 Å². The third kappa shape index (κ3) is 2.33. The third-order valence-electron chi connectivity index (χ3n) is 2.74. The van der Waals surface area contributed by atoms with Gasteiger partial charge >= 0.3 is 0 Å². The van der Waals surface area contributed by atoms with Gasteiger partial charge in [0.25, 0.3) is 5.91 Å². The summed E-state index contributed by atoms with van der Waals surface area (Å²) in [5, 5.41) is 18.7. The van der Waals surface area contributed by atoms with E-state index in [-0.39, 0.29) is 18.3 Å². The molecule has 0 atom stereocenters. The Morgan fingerprint density at radius 2 is 2.33 bits per heavy atom. The van der Waals surface area contributed by atoms with E-state index in [9.17, 15) is 9.90 Å². The van der Waals surface area contributed by atoms with E-state index in [0.29, 0.717) is 0 Å². The van der Waals surface area contributed by atoms with Gasteiger partial charge in [-0.1, -0.05) is 12.8 Å². The molecule has 1 heterocycles. The van der Waals surface area contributed by atoms with E-state index >= 15 is 0 Å². The Morgan fingerprint density at radius 1 is 1.60 bits per heavy atom. The lowest BCUT2D eigenvalue weighted by molar-refractivity contribution is 0.0447. The minimum atomic E-state index is -0.727. The minimum absolute atomic E-state index is 0.177. The molecule has 0 spiro atoms. The first-order valence-corrected chi connectivity index (χ1v) is 5.06. The van der Waals surface area contributed by atoms with Gasteiger partial charge in [-0.3, -0.25) is 9.89 Å². The summed E-state index contributed by atoms with van der Waals surface area (Å²) < 4.78 is 0. The number of rotatable bonds is 3. The summed E-state index contributed by atoms with van der Waals surface area (Å²) in [5.74, 6) is -0.149. The maximum atomic E-state index is 11.4. The van der Waals surface area contributed by atoms with Crippen molar-refractivity contribution < 1.29 is 9.90 Å². The molecule has 1 aromatic rings. The van der Waals surface area contributed by atoms with Crippen molar-refractivity contribution in [3.63, 3.8) is 0 Å². The second kappa shape index (κ2) is 3.98. The summed E-state index contributed by atoms with van der Waals surface area (Å²) in [6, 6.07) is 0. The molecule has 0 bridgehead atoms. The second-order valence-electron chi connectivity index (χ2n) is 3.95. The molecule has 6 heteroatoms. The molecular weight excluding hydrogens is 196 g/mol. The maximum absolute atomic E-state index is 11.4. The monoisotopic (exact) mass is 210 g/mol. The van der Waals surface area contributed by atoms with Gasteiger partial charge in [-0.15, -0.1) is 0 Å². The molecule has 15 heavy (non-hydrogen) atoms. The molecule has 1 aromatic heterocycles. The number of nitrogens with one attached hydrogen (secondary N) is 2. The summed E-state index contributed by atoms with van der Waals surface area (Å²) >= 11 is 0. The van der Waals surface area contributed by atoms with E-state index in [1.165, 1.54) is 6.33 Å². The van der Waals surface area contributed by atoms with E-state index in [2.05, 4.69) is 20.5 Å². The molecule has 1 aliphatic rings. The lowest BCUT2D eigenvalue weighted by atomic mass is 10.0. The Hall–Kier alpha value is -1.43. The van der Waals surface area contributed by atoms with E-state index in [0.717, 1.165) is 25.7 Å². The highest BCUT2D eigenvalue weighted by molar-refractivity contribution is 5.90. The molecule has 1 fully saturated rings. The zero-order chi connectivity index (χ0) is 10.7. The molecular formula is C9H14N4O2. The van der Waals surface area contributed by atoms with Crippen LogP contribution in [0.5, 0.6) is 0 Å². The van der Waals surface area contributed by atoms with Crippen LogP contribution in [0, 0.1) is 0 Å². The lowest BCUT2D eigenvalue weighted by Crippen LogP contribution is -2.41. The van der Waals surface area contributed by atoms with Crippen LogP contribution in [0.3, 0.4) is 0 Å². The molecule has 1 amide bonds. The number of hydrogen-bond donors (Lipinski definition) is 3. The van der Waals surface area contributed by atoms with Crippen molar-refractivity contribution in [3.05, 3.63) is 12.2 Å². The fourth-order valence-electron chi connectivity index (χ4n) is 1.85. The Bertz CT molecular complexity index is 330. The summed E-state index contributed by atoms with van der Waals surface area (Å²) in [6.07, 6.45) is 4.83. The molecule has 0 radical (unpaired) electrons. The van der Waals surface area contributed by atoms with Crippen molar-refractivity contribution in [2.24, 2.45) is 0 Å². The first-order chi connectivity index (χ1) is 7.20. The summed E-state index contributed by atoms with van der Waals surface area (Å²) in [6.45, 7) is 0.284. The molecule has 6 nitrogen and oxygen atoms in total. The minimum Gasteiger partial charge on any atom is -0.388 e. The highest BCUT2D eigenvalue weighted by atomic mass is 16.3. The molecule has 0 saturated heterocycles. The zero-order valence-corrected chi connectivity index (χ0v) is 8.36. The number of aromatic amines is 1. The van der Waals surface area contributed by atoms with Gasteiger partial charge in [-0.25, -0.2) is 4.98 Å². The summed E-state index contributed by atoms with van der Waals surface area (Å²) in [4.78, 5) is 15.2. The van der Waals surface area contributed by atoms with Crippen LogP contribution in [0.2, 0.25) is 0 Å². The van der Waals surface area contributed by atoms with Crippen LogP contribution in [-0.4, -0.2) is 38.3 Å². The predicted molar refractivity (Wildman–Crippen MR) is 52.1 cm³/mol. The SMILES string of the molecule is O=C(NCC1(O)CCCC1)c1ncn[nH]1. The van der Waals surface area contributed by atoms with E-state index in [1.54, 1.807) is 0 Å². The van der Waals surface area contributed by atoms with Gasteiger partial charge in [0.1, 0.15) is 6.33 Å². The predicted octanol–water partition coefficient (Wildman–Crippen LogP) is -0.160. The van der Waals surface area contributed by atoms with E-state index in [4.69, 9.17) is 0 Å². The highest BCUT2D eigenvalue weighted by Gasteiger charge is 2.31. The Balaban J connectivity index is 1.85. The van der Waals surface area contributed by atoms with Gasteiger partial charge in [0.2, 0.25) is 5.82 Å². The van der Waals surface area contributed by atoms with Crippen molar-refractivity contribution in [1.82, 2.24) is 20.5 Å². The zero-order valence-electron chi connectivity index (χ0n) is 8.36. The average molecular weight is 210 g/mol. The van der Waals surface area contributed by atoms with Crippen LogP contribution < -0.4 is 5.32 Å². The molecule has 3 N–H and O–H groups in total. The number of aliphatic hydroxyl groups is 1. The summed E-state index contributed by atoms with van der Waals surface area (Å²) in [5.41, 5.74) is -0.727. The first-order valence-electron chi connectivity index (χ1n) is 5.06. The van der Waals surface area contributed by atoms with Gasteiger partial charge in [0, 0.05) is 6.54 Å². The molecule has 0 unspecified atom stereocenters. The lowest BCUT2D eigenvalue weighted by Gasteiger charge is -2.21. The number of H-pyrrole nitrogens is 1. The summed E-state index contributed by atoms with van der Waals surface area (Å²) in [7, 11) is 0. The molecule has 2 rings (SSSR count). The number of nitrogens with zero attached hydrogens (tertiary/aromatic N) is 2. The van der Waals surface area contributed by atoms with Crippen LogP contribution in [0.1, 0.15) is 36.3 Å². The fraction of sp³-hybridized carbons (Fsp3) is 0.667. The van der Waals surface area contributed by atoms with Gasteiger partial charge in [0.05, 0.1) is 5.60 Å². The number of hydrogen-bond acceptors (Lipinski definition) is 4.